The van der Waals surface area contributed by atoms with Crippen molar-refractivity contribution in [1.29, 1.82) is 0 Å². The van der Waals surface area contributed by atoms with Gasteiger partial charge in [0.2, 0.25) is 0 Å². The molecule has 0 aromatic rings. The zero-order valence-corrected chi connectivity index (χ0v) is 8.77. The first-order valence-electron chi connectivity index (χ1n) is 3.79. The van der Waals surface area contributed by atoms with Crippen LogP contribution in [0.1, 0.15) is 34.6 Å². The molecule has 0 unspecified atom stereocenters. The quantitative estimate of drug-likeness (QED) is 0.607. The molecule has 0 aliphatic rings. The molecule has 3 heteroatoms. The molecule has 0 radical (unpaired) electrons. The van der Waals surface area contributed by atoms with Crippen molar-refractivity contribution in [2.75, 3.05) is 0 Å². The van der Waals surface area contributed by atoms with E-state index in [1.165, 1.54) is 0 Å². The van der Waals surface area contributed by atoms with Gasteiger partial charge in [-0.1, -0.05) is 12.6 Å². The van der Waals surface area contributed by atoms with Crippen LogP contribution in [0.5, 0.6) is 0 Å². The van der Waals surface area contributed by atoms with Gasteiger partial charge in [-0.3, -0.25) is 4.79 Å². The Labute approximate surface area is 74.4 Å². The highest BCUT2D eigenvalue weighted by atomic mass is 32.1. The Morgan fingerprint density at radius 1 is 1.36 bits per heavy atom. The van der Waals surface area contributed by atoms with E-state index in [0.29, 0.717) is 0 Å². The molecule has 1 amide bonds. The highest BCUT2D eigenvalue weighted by Crippen LogP contribution is 2.18. The van der Waals surface area contributed by atoms with Gasteiger partial charge < -0.3 is 4.90 Å². The van der Waals surface area contributed by atoms with Crippen molar-refractivity contribution in [3.63, 3.8) is 0 Å². The van der Waals surface area contributed by atoms with E-state index in [9.17, 15) is 4.79 Å². The fourth-order valence-corrected chi connectivity index (χ4v) is 1.81. The van der Waals surface area contributed by atoms with E-state index in [2.05, 4.69) is 12.6 Å². The van der Waals surface area contributed by atoms with E-state index in [0.717, 1.165) is 0 Å². The Kier molecular flexibility index (Phi) is 3.42. The van der Waals surface area contributed by atoms with E-state index in [1.54, 1.807) is 4.90 Å². The minimum atomic E-state index is -0.160. The molecular formula is C8H17NOS. The summed E-state index contributed by atoms with van der Waals surface area (Å²) in [5.41, 5.74) is -0.132. The highest BCUT2D eigenvalue weighted by molar-refractivity contribution is 7.96. The summed E-state index contributed by atoms with van der Waals surface area (Å²) in [6, 6.07) is 0.208. The average Bonchev–Trinajstić information content (AvgIpc) is 1.54. The number of rotatable bonds is 1. The number of hydrogen-bond donors (Lipinski definition) is 1. The Morgan fingerprint density at radius 2 is 1.73 bits per heavy atom. The van der Waals surface area contributed by atoms with Crippen molar-refractivity contribution < 1.29 is 4.79 Å². The van der Waals surface area contributed by atoms with E-state index in [1.807, 2.05) is 34.6 Å². The second-order valence-electron chi connectivity index (χ2n) is 3.92. The third-order valence-electron chi connectivity index (χ3n) is 1.45. The lowest BCUT2D eigenvalue weighted by molar-refractivity contribution is 0.142. The van der Waals surface area contributed by atoms with Crippen LogP contribution in [0.4, 0.5) is 4.79 Å². The first-order chi connectivity index (χ1) is 4.76. The van der Waals surface area contributed by atoms with Crippen LogP contribution in [-0.2, 0) is 0 Å². The summed E-state index contributed by atoms with van der Waals surface area (Å²) in [6.07, 6.45) is 0. The van der Waals surface area contributed by atoms with E-state index < -0.39 is 0 Å². The smallest absolute Gasteiger partial charge is 0.279 e. The van der Waals surface area contributed by atoms with Gasteiger partial charge in [0.15, 0.2) is 0 Å². The van der Waals surface area contributed by atoms with Gasteiger partial charge in [-0.05, 0) is 34.6 Å². The van der Waals surface area contributed by atoms with Crippen molar-refractivity contribution in [3.8, 4) is 0 Å². The summed E-state index contributed by atoms with van der Waals surface area (Å²) >= 11 is 3.81. The predicted octanol–water partition coefficient (Wildman–Crippen LogP) is 2.55. The number of carbonyl (C=O) groups excluding carboxylic acids is 1. The second kappa shape index (κ2) is 3.48. The van der Waals surface area contributed by atoms with Crippen molar-refractivity contribution in [1.82, 2.24) is 4.90 Å². The van der Waals surface area contributed by atoms with Crippen LogP contribution in [0.2, 0.25) is 0 Å². The predicted molar refractivity (Wildman–Crippen MR) is 51.1 cm³/mol. The maximum Gasteiger partial charge on any atom is 0.279 e. The molecule has 0 saturated carbocycles. The molecule has 0 atom stereocenters. The minimum Gasteiger partial charge on any atom is -0.327 e. The molecule has 0 aliphatic carbocycles. The average molecular weight is 175 g/mol. The minimum absolute atomic E-state index is 0.132. The fourth-order valence-electron chi connectivity index (χ4n) is 1.28. The van der Waals surface area contributed by atoms with Crippen LogP contribution in [-0.4, -0.2) is 21.7 Å². The van der Waals surface area contributed by atoms with Gasteiger partial charge in [-0.25, -0.2) is 0 Å². The molecule has 0 rings (SSSR count). The van der Waals surface area contributed by atoms with Gasteiger partial charge in [0.05, 0.1) is 0 Å². The van der Waals surface area contributed by atoms with Gasteiger partial charge >= 0.3 is 0 Å². The lowest BCUT2D eigenvalue weighted by Gasteiger charge is -2.37. The summed E-state index contributed by atoms with van der Waals surface area (Å²) in [5.74, 6) is 0. The zero-order valence-electron chi connectivity index (χ0n) is 7.88. The normalized spacial score (nSPS) is 11.9. The van der Waals surface area contributed by atoms with Gasteiger partial charge in [0.1, 0.15) is 0 Å². The molecular weight excluding hydrogens is 158 g/mol. The standard InChI is InChI=1S/C8H17NOS/c1-6(2)9(7(10)11)8(3,4)5/h6H,1-5H3,(H,10,11). The fraction of sp³-hybridized carbons (Fsp3) is 0.875. The SMILES string of the molecule is CC(C)N(C(=O)S)C(C)(C)C. The largest absolute Gasteiger partial charge is 0.327 e. The third-order valence-corrected chi connectivity index (χ3v) is 1.66. The molecule has 0 spiro atoms. The molecule has 0 aliphatic heterocycles. The third kappa shape index (κ3) is 3.14. The molecule has 0 heterocycles. The van der Waals surface area contributed by atoms with E-state index >= 15 is 0 Å². The molecule has 0 fully saturated rings. The Balaban J connectivity index is 4.49. The molecule has 0 N–H and O–H groups in total. The molecule has 11 heavy (non-hydrogen) atoms. The number of hydrogen-bond acceptors (Lipinski definition) is 1. The van der Waals surface area contributed by atoms with Crippen LogP contribution < -0.4 is 0 Å². The molecule has 66 valence electrons. The number of amides is 1. The van der Waals surface area contributed by atoms with Crippen molar-refractivity contribution in [3.05, 3.63) is 0 Å². The topological polar surface area (TPSA) is 20.3 Å². The first-order valence-corrected chi connectivity index (χ1v) is 4.24. The first kappa shape index (κ1) is 10.8. The zero-order chi connectivity index (χ0) is 9.23. The number of thiol groups is 1. The van der Waals surface area contributed by atoms with Crippen LogP contribution in [0, 0.1) is 0 Å². The monoisotopic (exact) mass is 175 g/mol. The summed E-state index contributed by atoms with van der Waals surface area (Å²) in [6.45, 7) is 9.97. The number of carbonyl (C=O) groups is 1. The second-order valence-corrected chi connectivity index (χ2v) is 4.30. The summed E-state index contributed by atoms with van der Waals surface area (Å²) in [5, 5.41) is -0.160. The van der Waals surface area contributed by atoms with E-state index in [4.69, 9.17) is 0 Å². The van der Waals surface area contributed by atoms with Gasteiger partial charge in [-0.15, -0.1) is 0 Å². The van der Waals surface area contributed by atoms with Crippen LogP contribution >= 0.6 is 12.6 Å². The van der Waals surface area contributed by atoms with Crippen molar-refractivity contribution >= 4 is 17.9 Å². The lowest BCUT2D eigenvalue weighted by Crippen LogP contribution is -2.47. The number of nitrogens with zero attached hydrogens (tertiary/aromatic N) is 1. The highest BCUT2D eigenvalue weighted by Gasteiger charge is 2.26. The van der Waals surface area contributed by atoms with Crippen LogP contribution in [0.3, 0.4) is 0 Å². The van der Waals surface area contributed by atoms with Crippen molar-refractivity contribution in [2.45, 2.75) is 46.2 Å². The maximum absolute atomic E-state index is 11.0. The lowest BCUT2D eigenvalue weighted by atomic mass is 10.1. The summed E-state index contributed by atoms with van der Waals surface area (Å²) < 4.78 is 0. The molecule has 0 saturated heterocycles. The maximum atomic E-state index is 11.0. The Bertz CT molecular complexity index is 149. The van der Waals surface area contributed by atoms with Gasteiger partial charge in [-0.2, -0.15) is 0 Å². The molecule has 2 nitrogen and oxygen atoms in total. The van der Waals surface area contributed by atoms with Crippen molar-refractivity contribution in [2.24, 2.45) is 0 Å². The Morgan fingerprint density at radius 3 is 1.73 bits per heavy atom. The molecule has 0 aromatic heterocycles. The Hall–Kier alpha value is -0.180. The molecule has 0 aromatic carbocycles. The van der Waals surface area contributed by atoms with Crippen LogP contribution in [0.25, 0.3) is 0 Å². The van der Waals surface area contributed by atoms with Gasteiger partial charge in [0.25, 0.3) is 5.24 Å². The summed E-state index contributed by atoms with van der Waals surface area (Å²) in [4.78, 5) is 12.8. The molecule has 0 bridgehead atoms. The van der Waals surface area contributed by atoms with E-state index in [-0.39, 0.29) is 16.8 Å². The van der Waals surface area contributed by atoms with Crippen LogP contribution in [0.15, 0.2) is 0 Å². The summed E-state index contributed by atoms with van der Waals surface area (Å²) in [7, 11) is 0. The van der Waals surface area contributed by atoms with Gasteiger partial charge in [0, 0.05) is 11.6 Å².